The third kappa shape index (κ3) is 4.61. The quantitative estimate of drug-likeness (QED) is 0.453. The molecule has 0 saturated carbocycles. The number of hydrogen-bond donors (Lipinski definition) is 3. The summed E-state index contributed by atoms with van der Waals surface area (Å²) in [6.45, 7) is 5.24. The van der Waals surface area contributed by atoms with Gasteiger partial charge in [-0.25, -0.2) is 4.39 Å². The van der Waals surface area contributed by atoms with Crippen LogP contribution in [0.2, 0.25) is 0 Å². The molecular weight excluding hydrogens is 411 g/mol. The fourth-order valence-corrected chi connectivity index (χ4v) is 4.58. The number of aliphatic hydroxyl groups is 2. The number of ether oxygens (including phenoxy) is 1. The number of halogens is 1. The Labute approximate surface area is 187 Å². The molecule has 2 heterocycles. The highest BCUT2D eigenvalue weighted by molar-refractivity contribution is 5.94. The van der Waals surface area contributed by atoms with E-state index in [0.29, 0.717) is 25.1 Å². The highest BCUT2D eigenvalue weighted by atomic mass is 19.1. The molecule has 0 aliphatic carbocycles. The van der Waals surface area contributed by atoms with E-state index in [1.165, 1.54) is 12.1 Å². The number of amides is 1. The number of carbonyl (C=O) groups is 1. The zero-order valence-corrected chi connectivity index (χ0v) is 18.0. The minimum Gasteiger partial charge on any atom is -0.395 e. The highest BCUT2D eigenvalue weighted by Gasteiger charge is 2.42. The van der Waals surface area contributed by atoms with Crippen LogP contribution in [0.4, 0.5) is 4.39 Å². The Balaban J connectivity index is 1.55. The predicted molar refractivity (Wildman–Crippen MR) is 119 cm³/mol. The van der Waals surface area contributed by atoms with Gasteiger partial charge in [-0.15, -0.1) is 0 Å². The van der Waals surface area contributed by atoms with E-state index in [-0.39, 0.29) is 43.9 Å². The van der Waals surface area contributed by atoms with Crippen molar-refractivity contribution in [2.45, 2.75) is 30.6 Å². The summed E-state index contributed by atoms with van der Waals surface area (Å²) in [6.07, 6.45) is 0.379. The number of nitrogens with zero attached hydrogens (tertiary/aromatic N) is 1. The Morgan fingerprint density at radius 2 is 2.00 bits per heavy atom. The van der Waals surface area contributed by atoms with Crippen LogP contribution in [0, 0.1) is 5.82 Å². The van der Waals surface area contributed by atoms with Gasteiger partial charge < -0.3 is 25.2 Å². The lowest BCUT2D eigenvalue weighted by molar-refractivity contribution is -0.130. The summed E-state index contributed by atoms with van der Waals surface area (Å²) in [5.41, 5.74) is 2.20. The molecule has 1 fully saturated rings. The number of aliphatic hydroxyl groups excluding tert-OH is 1. The lowest BCUT2D eigenvalue weighted by atomic mass is 9.87. The van der Waals surface area contributed by atoms with Crippen molar-refractivity contribution in [2.75, 3.05) is 32.8 Å². The Morgan fingerprint density at radius 3 is 2.75 bits per heavy atom. The molecule has 0 bridgehead atoms. The Bertz CT molecular complexity index is 980. The van der Waals surface area contributed by atoms with Crippen molar-refractivity contribution in [1.82, 2.24) is 10.2 Å². The lowest BCUT2D eigenvalue weighted by Gasteiger charge is -2.38. The first-order valence-corrected chi connectivity index (χ1v) is 10.9. The first-order chi connectivity index (χ1) is 15.4. The van der Waals surface area contributed by atoms with Crippen LogP contribution in [-0.4, -0.2) is 65.6 Å². The molecule has 4 rings (SSSR count). The summed E-state index contributed by atoms with van der Waals surface area (Å²) in [6, 6.07) is 13.9. The average Bonchev–Trinajstić information content (AvgIpc) is 3.20. The maximum absolute atomic E-state index is 13.6. The van der Waals surface area contributed by atoms with Crippen LogP contribution in [0.25, 0.3) is 0 Å². The summed E-state index contributed by atoms with van der Waals surface area (Å²) < 4.78 is 19.3. The molecule has 3 N–H and O–H groups in total. The van der Waals surface area contributed by atoms with Crippen LogP contribution < -0.4 is 5.32 Å². The van der Waals surface area contributed by atoms with E-state index < -0.39 is 11.7 Å². The fourth-order valence-electron chi connectivity index (χ4n) is 4.58. The van der Waals surface area contributed by atoms with Gasteiger partial charge in [0.25, 0.3) is 5.91 Å². The minimum absolute atomic E-state index is 0.0211. The molecule has 170 valence electrons. The van der Waals surface area contributed by atoms with Gasteiger partial charge in [-0.1, -0.05) is 43.0 Å². The van der Waals surface area contributed by atoms with Crippen LogP contribution in [-0.2, 0) is 16.0 Å². The number of fused-ring (bicyclic) bond motifs is 1. The molecule has 1 saturated heterocycles. The van der Waals surface area contributed by atoms with Crippen molar-refractivity contribution in [1.29, 1.82) is 0 Å². The van der Waals surface area contributed by atoms with Gasteiger partial charge in [-0.2, -0.15) is 0 Å². The monoisotopic (exact) mass is 440 g/mol. The second-order valence-electron chi connectivity index (χ2n) is 8.56. The number of hydrogen-bond acceptors (Lipinski definition) is 5. The number of carbonyl (C=O) groups excluding carboxylic acids is 1. The minimum atomic E-state index is -1.12. The zero-order valence-electron chi connectivity index (χ0n) is 18.0. The van der Waals surface area contributed by atoms with Crippen molar-refractivity contribution in [3.63, 3.8) is 0 Å². The van der Waals surface area contributed by atoms with E-state index >= 15 is 0 Å². The molecule has 3 atom stereocenters. The molecule has 2 aromatic carbocycles. The van der Waals surface area contributed by atoms with E-state index in [9.17, 15) is 14.3 Å². The predicted octanol–water partition coefficient (Wildman–Crippen LogP) is 1.96. The summed E-state index contributed by atoms with van der Waals surface area (Å²) in [5, 5.41) is 22.6. The molecule has 2 aromatic rings. The van der Waals surface area contributed by atoms with E-state index in [1.54, 1.807) is 17.0 Å². The van der Waals surface area contributed by atoms with Gasteiger partial charge in [0, 0.05) is 31.6 Å². The number of benzene rings is 2. The molecule has 6 nitrogen and oxygen atoms in total. The highest BCUT2D eigenvalue weighted by Crippen LogP contribution is 2.37. The maximum atomic E-state index is 13.6. The summed E-state index contributed by atoms with van der Waals surface area (Å²) in [7, 11) is 0. The van der Waals surface area contributed by atoms with E-state index in [1.807, 2.05) is 18.2 Å². The second kappa shape index (κ2) is 9.50. The van der Waals surface area contributed by atoms with Gasteiger partial charge in [0.15, 0.2) is 0 Å². The topological polar surface area (TPSA) is 82.0 Å². The molecule has 2 aliphatic heterocycles. The van der Waals surface area contributed by atoms with Crippen molar-refractivity contribution in [3.8, 4) is 0 Å². The summed E-state index contributed by atoms with van der Waals surface area (Å²) >= 11 is 0. The molecule has 1 amide bonds. The third-order valence-corrected chi connectivity index (χ3v) is 6.25. The summed E-state index contributed by atoms with van der Waals surface area (Å²) in [4.78, 5) is 15.3. The van der Waals surface area contributed by atoms with E-state index in [0.717, 1.165) is 16.7 Å². The second-order valence-corrected chi connectivity index (χ2v) is 8.56. The van der Waals surface area contributed by atoms with Crippen LogP contribution in [0.3, 0.4) is 0 Å². The molecule has 2 aliphatic rings. The van der Waals surface area contributed by atoms with Crippen LogP contribution in [0.5, 0.6) is 0 Å². The van der Waals surface area contributed by atoms with Crippen molar-refractivity contribution in [2.24, 2.45) is 0 Å². The standard InChI is InChI=1S/C25H29FN2O4/c1-17(22-14-25(31,16-32-22)15-27-11-13-29)24(30)28-12-10-18-4-2-3-5-21(18)23(28)19-6-8-20(26)9-7-19/h2-9,22-23,27,29,31H,1,10-16H2/t22-,23+,25+/m1/s1. The smallest absolute Gasteiger partial charge is 0.252 e. The number of rotatable bonds is 7. The SMILES string of the molecule is C=C(C(=O)N1CCc2ccccc2[C@@H]1c1ccc(F)cc1)[C@H]1C[C@](O)(CNCCO)CO1. The maximum Gasteiger partial charge on any atom is 0.252 e. The van der Waals surface area contributed by atoms with Gasteiger partial charge in [-0.3, -0.25) is 4.79 Å². The molecule has 0 spiro atoms. The number of nitrogens with one attached hydrogen (secondary N) is 1. The Hall–Kier alpha value is -2.58. The van der Waals surface area contributed by atoms with Crippen LogP contribution >= 0.6 is 0 Å². The molecule has 7 heteroatoms. The van der Waals surface area contributed by atoms with Crippen molar-refractivity contribution < 1.29 is 24.1 Å². The Morgan fingerprint density at radius 1 is 1.25 bits per heavy atom. The van der Waals surface area contributed by atoms with Crippen molar-refractivity contribution >= 4 is 5.91 Å². The lowest BCUT2D eigenvalue weighted by Crippen LogP contribution is -2.44. The van der Waals surface area contributed by atoms with Gasteiger partial charge in [0.1, 0.15) is 11.4 Å². The van der Waals surface area contributed by atoms with Crippen molar-refractivity contribution in [3.05, 3.63) is 83.2 Å². The molecular formula is C25H29FN2O4. The van der Waals surface area contributed by atoms with Crippen LogP contribution in [0.15, 0.2) is 60.7 Å². The van der Waals surface area contributed by atoms with E-state index in [2.05, 4.69) is 18.0 Å². The van der Waals surface area contributed by atoms with Gasteiger partial charge in [-0.05, 0) is 35.2 Å². The zero-order chi connectivity index (χ0) is 22.7. The largest absolute Gasteiger partial charge is 0.395 e. The molecule has 32 heavy (non-hydrogen) atoms. The molecule has 0 unspecified atom stereocenters. The van der Waals surface area contributed by atoms with E-state index in [4.69, 9.17) is 9.84 Å². The van der Waals surface area contributed by atoms with Gasteiger partial charge in [0.2, 0.25) is 0 Å². The molecule has 0 aromatic heterocycles. The Kier molecular flexibility index (Phi) is 6.71. The first-order valence-electron chi connectivity index (χ1n) is 10.9. The van der Waals surface area contributed by atoms with Crippen LogP contribution in [0.1, 0.15) is 29.2 Å². The van der Waals surface area contributed by atoms with Gasteiger partial charge >= 0.3 is 0 Å². The fraction of sp³-hybridized carbons (Fsp3) is 0.400. The molecule has 0 radical (unpaired) electrons. The summed E-state index contributed by atoms with van der Waals surface area (Å²) in [5.74, 6) is -0.556. The first kappa shape index (κ1) is 22.6. The average molecular weight is 441 g/mol. The third-order valence-electron chi connectivity index (χ3n) is 6.25. The van der Waals surface area contributed by atoms with Gasteiger partial charge in [0.05, 0.1) is 25.4 Å². The normalized spacial score (nSPS) is 24.9.